The lowest BCUT2D eigenvalue weighted by molar-refractivity contribution is -0.148. The van der Waals surface area contributed by atoms with Crippen molar-refractivity contribution in [2.24, 2.45) is 13.0 Å². The van der Waals surface area contributed by atoms with Crippen LogP contribution in [0.25, 0.3) is 6.08 Å². The van der Waals surface area contributed by atoms with Crippen LogP contribution in [0.2, 0.25) is 5.15 Å². The largest absolute Gasteiger partial charge is 0.452 e. The zero-order chi connectivity index (χ0) is 18.6. The molecule has 0 N–H and O–H groups in total. The first-order valence-corrected chi connectivity index (χ1v) is 8.97. The molecule has 0 radical (unpaired) electrons. The van der Waals surface area contributed by atoms with Crippen LogP contribution in [0.4, 0.5) is 0 Å². The maximum Gasteiger partial charge on any atom is 0.331 e. The van der Waals surface area contributed by atoms with Crippen molar-refractivity contribution in [3.63, 3.8) is 0 Å². The first-order chi connectivity index (χ1) is 11.8. The third kappa shape index (κ3) is 5.08. The summed E-state index contributed by atoms with van der Waals surface area (Å²) < 4.78 is 6.59. The molecule has 0 saturated heterocycles. The van der Waals surface area contributed by atoms with Crippen LogP contribution in [0, 0.1) is 12.8 Å². The van der Waals surface area contributed by atoms with Crippen LogP contribution in [0.1, 0.15) is 43.9 Å². The normalized spacial score (nSPS) is 20.7. The topological polar surface area (TPSA) is 64.4 Å². The van der Waals surface area contributed by atoms with Crippen LogP contribution in [0.15, 0.2) is 6.08 Å². The Kier molecular flexibility index (Phi) is 6.64. The average Bonchev–Trinajstić information content (AvgIpc) is 2.83. The summed E-state index contributed by atoms with van der Waals surface area (Å²) in [5.74, 6) is -0.0132. The minimum Gasteiger partial charge on any atom is -0.452 e. The van der Waals surface area contributed by atoms with E-state index in [1.165, 1.54) is 10.8 Å². The first-order valence-electron chi connectivity index (χ1n) is 8.59. The van der Waals surface area contributed by atoms with Crippen molar-refractivity contribution in [3.05, 3.63) is 22.5 Å². The summed E-state index contributed by atoms with van der Waals surface area (Å²) in [6.07, 6.45) is 7.12. The molecule has 6 nitrogen and oxygen atoms in total. The number of halogens is 1. The third-order valence-corrected chi connectivity index (χ3v) is 5.29. The standard InChI is InChI=1S/C18H26ClN3O3/c1-12-5-7-14(8-6-12)21(3)16(23)11-25-17(24)10-9-15-13(2)20-22(4)18(15)19/h9-10,12,14H,5-8,11H2,1-4H3/b10-9+. The Bertz CT molecular complexity index is 661. The highest BCUT2D eigenvalue weighted by Crippen LogP contribution is 2.26. The molecular weight excluding hydrogens is 342 g/mol. The van der Waals surface area contributed by atoms with E-state index in [1.54, 1.807) is 32.0 Å². The molecule has 0 unspecified atom stereocenters. The average molecular weight is 368 g/mol. The molecule has 1 heterocycles. The number of ether oxygens (including phenoxy) is 1. The number of amides is 1. The van der Waals surface area contributed by atoms with Crippen LogP contribution < -0.4 is 0 Å². The summed E-state index contributed by atoms with van der Waals surface area (Å²) in [7, 11) is 3.51. The van der Waals surface area contributed by atoms with Crippen molar-refractivity contribution in [2.75, 3.05) is 13.7 Å². The predicted molar refractivity (Wildman–Crippen MR) is 97.1 cm³/mol. The van der Waals surface area contributed by atoms with Gasteiger partial charge in [-0.05, 0) is 44.6 Å². The second kappa shape index (κ2) is 8.52. The van der Waals surface area contributed by atoms with E-state index in [2.05, 4.69) is 12.0 Å². The Morgan fingerprint density at radius 2 is 2.00 bits per heavy atom. The highest BCUT2D eigenvalue weighted by molar-refractivity contribution is 6.31. The fraction of sp³-hybridized carbons (Fsp3) is 0.611. The highest BCUT2D eigenvalue weighted by Gasteiger charge is 2.25. The molecule has 1 aromatic heterocycles. The number of hydrogen-bond acceptors (Lipinski definition) is 4. The van der Waals surface area contributed by atoms with Gasteiger partial charge in [0, 0.05) is 31.8 Å². The van der Waals surface area contributed by atoms with Crippen molar-refractivity contribution < 1.29 is 14.3 Å². The van der Waals surface area contributed by atoms with Gasteiger partial charge in [0.25, 0.3) is 5.91 Å². The summed E-state index contributed by atoms with van der Waals surface area (Å²) in [5.41, 5.74) is 1.39. The minimum atomic E-state index is -0.571. The molecule has 1 aromatic rings. The number of hydrogen-bond donors (Lipinski definition) is 0. The van der Waals surface area contributed by atoms with E-state index in [0.29, 0.717) is 10.7 Å². The molecule has 0 spiro atoms. The number of esters is 1. The van der Waals surface area contributed by atoms with E-state index < -0.39 is 5.97 Å². The van der Waals surface area contributed by atoms with Crippen LogP contribution in [0.3, 0.4) is 0 Å². The maximum atomic E-state index is 12.2. The fourth-order valence-corrected chi connectivity index (χ4v) is 3.34. The van der Waals surface area contributed by atoms with E-state index >= 15 is 0 Å². The molecule has 0 aliphatic heterocycles. The SMILES string of the molecule is Cc1nn(C)c(Cl)c1/C=C/C(=O)OCC(=O)N(C)C1CCC(C)CC1. The maximum absolute atomic E-state index is 12.2. The Hall–Kier alpha value is -1.82. The van der Waals surface area contributed by atoms with Crippen molar-refractivity contribution in [2.45, 2.75) is 45.6 Å². The van der Waals surface area contributed by atoms with Gasteiger partial charge in [0.2, 0.25) is 0 Å². The van der Waals surface area contributed by atoms with Crippen LogP contribution in [-0.2, 0) is 21.4 Å². The van der Waals surface area contributed by atoms with Gasteiger partial charge in [0.1, 0.15) is 5.15 Å². The van der Waals surface area contributed by atoms with Gasteiger partial charge in [0.15, 0.2) is 6.61 Å². The zero-order valence-electron chi connectivity index (χ0n) is 15.3. The fourth-order valence-electron chi connectivity index (χ4n) is 3.10. The van der Waals surface area contributed by atoms with Crippen molar-refractivity contribution >= 4 is 29.6 Å². The molecule has 0 aromatic carbocycles. The number of carbonyl (C=O) groups excluding carboxylic acids is 2. The summed E-state index contributed by atoms with van der Waals surface area (Å²) in [5, 5.41) is 4.61. The molecule has 1 saturated carbocycles. The third-order valence-electron chi connectivity index (χ3n) is 4.85. The Labute approximate surface area is 153 Å². The van der Waals surface area contributed by atoms with Gasteiger partial charge in [-0.15, -0.1) is 0 Å². The number of nitrogens with zero attached hydrogens (tertiary/aromatic N) is 3. The van der Waals surface area contributed by atoms with Crippen LogP contribution >= 0.6 is 11.6 Å². The molecule has 1 aliphatic rings. The molecule has 1 aliphatic carbocycles. The summed E-state index contributed by atoms with van der Waals surface area (Å²) in [6.45, 7) is 3.80. The van der Waals surface area contributed by atoms with Gasteiger partial charge in [-0.1, -0.05) is 18.5 Å². The molecule has 138 valence electrons. The summed E-state index contributed by atoms with van der Waals surface area (Å²) in [4.78, 5) is 25.8. The molecule has 1 amide bonds. The zero-order valence-corrected chi connectivity index (χ0v) is 16.0. The van der Waals surface area contributed by atoms with Gasteiger partial charge in [-0.3, -0.25) is 9.48 Å². The van der Waals surface area contributed by atoms with Gasteiger partial charge in [-0.25, -0.2) is 4.79 Å². The summed E-state index contributed by atoms with van der Waals surface area (Å²) in [6, 6.07) is 0.245. The number of carbonyl (C=O) groups is 2. The smallest absolute Gasteiger partial charge is 0.331 e. The summed E-state index contributed by atoms with van der Waals surface area (Å²) >= 11 is 6.10. The lowest BCUT2D eigenvalue weighted by Gasteiger charge is -2.33. The number of aryl methyl sites for hydroxylation is 2. The molecule has 2 rings (SSSR count). The van der Waals surface area contributed by atoms with E-state index in [9.17, 15) is 9.59 Å². The lowest BCUT2D eigenvalue weighted by atomic mass is 9.87. The minimum absolute atomic E-state index is 0.170. The van der Waals surface area contributed by atoms with Crippen molar-refractivity contribution in [1.29, 1.82) is 0 Å². The van der Waals surface area contributed by atoms with Gasteiger partial charge in [0.05, 0.1) is 5.69 Å². The molecule has 0 atom stereocenters. The van der Waals surface area contributed by atoms with E-state index in [1.807, 2.05) is 0 Å². The Balaban J connectivity index is 1.83. The lowest BCUT2D eigenvalue weighted by Crippen LogP contribution is -2.41. The van der Waals surface area contributed by atoms with Crippen LogP contribution in [-0.4, -0.2) is 46.3 Å². The van der Waals surface area contributed by atoms with Gasteiger partial charge in [-0.2, -0.15) is 5.10 Å². The monoisotopic (exact) mass is 367 g/mol. The van der Waals surface area contributed by atoms with Gasteiger partial charge >= 0.3 is 5.97 Å². The predicted octanol–water partition coefficient (Wildman–Crippen LogP) is 2.98. The van der Waals surface area contributed by atoms with Crippen molar-refractivity contribution in [1.82, 2.24) is 14.7 Å². The Morgan fingerprint density at radius 1 is 1.36 bits per heavy atom. The Morgan fingerprint density at radius 3 is 2.56 bits per heavy atom. The molecule has 7 heteroatoms. The van der Waals surface area contributed by atoms with E-state index in [-0.39, 0.29) is 18.6 Å². The second-order valence-corrected chi connectivity index (χ2v) is 7.13. The number of likely N-dealkylation sites (N-methyl/N-ethyl adjacent to an activating group) is 1. The second-order valence-electron chi connectivity index (χ2n) is 6.77. The highest BCUT2D eigenvalue weighted by atomic mass is 35.5. The number of rotatable bonds is 5. The molecular formula is C18H26ClN3O3. The van der Waals surface area contributed by atoms with Gasteiger partial charge < -0.3 is 9.64 Å². The molecule has 1 fully saturated rings. The van der Waals surface area contributed by atoms with Crippen molar-refractivity contribution in [3.8, 4) is 0 Å². The molecule has 25 heavy (non-hydrogen) atoms. The van der Waals surface area contributed by atoms with E-state index in [4.69, 9.17) is 16.3 Å². The van der Waals surface area contributed by atoms with Crippen LogP contribution in [0.5, 0.6) is 0 Å². The first kappa shape index (κ1) is 19.5. The van der Waals surface area contributed by atoms with E-state index in [0.717, 1.165) is 37.3 Å². The molecule has 0 bridgehead atoms. The number of aromatic nitrogens is 2. The quantitative estimate of drug-likeness (QED) is 0.592.